The quantitative estimate of drug-likeness (QED) is 0.805. The van der Waals surface area contributed by atoms with Crippen LogP contribution in [0.5, 0.6) is 0 Å². The second kappa shape index (κ2) is 4.31. The van der Waals surface area contributed by atoms with Gasteiger partial charge in [-0.05, 0) is 37.0 Å². The molecule has 1 aromatic rings. The number of halogens is 1. The molecule has 0 bridgehead atoms. The van der Waals surface area contributed by atoms with Crippen LogP contribution in [0.3, 0.4) is 0 Å². The van der Waals surface area contributed by atoms with Crippen molar-refractivity contribution in [3.05, 3.63) is 24.0 Å². The average molecular weight is 227 g/mol. The molecular formula is C11H14FNOS. The molecule has 2 rings (SSSR count). The summed E-state index contributed by atoms with van der Waals surface area (Å²) >= 11 is 0. The Morgan fingerprint density at radius 3 is 2.80 bits per heavy atom. The SMILES string of the molecule is Nc1ccc(F)cc1S(=O)CC1CCC1. The smallest absolute Gasteiger partial charge is 0.124 e. The van der Waals surface area contributed by atoms with Crippen molar-refractivity contribution in [1.29, 1.82) is 0 Å². The zero-order chi connectivity index (χ0) is 10.8. The summed E-state index contributed by atoms with van der Waals surface area (Å²) in [4.78, 5) is 0.446. The summed E-state index contributed by atoms with van der Waals surface area (Å²) in [7, 11) is -1.15. The molecule has 0 aliphatic heterocycles. The first kappa shape index (κ1) is 10.6. The van der Waals surface area contributed by atoms with Gasteiger partial charge in [0, 0.05) is 11.4 Å². The van der Waals surface area contributed by atoms with Gasteiger partial charge in [0.15, 0.2) is 0 Å². The number of anilines is 1. The van der Waals surface area contributed by atoms with E-state index in [-0.39, 0.29) is 5.82 Å². The summed E-state index contributed by atoms with van der Waals surface area (Å²) in [5.41, 5.74) is 6.09. The molecule has 2 N–H and O–H groups in total. The predicted octanol–water partition coefficient (Wildman–Crippen LogP) is 2.32. The van der Waals surface area contributed by atoms with Crippen molar-refractivity contribution in [3.63, 3.8) is 0 Å². The maximum Gasteiger partial charge on any atom is 0.124 e. The predicted molar refractivity (Wildman–Crippen MR) is 59.4 cm³/mol. The van der Waals surface area contributed by atoms with E-state index in [1.807, 2.05) is 0 Å². The van der Waals surface area contributed by atoms with Crippen molar-refractivity contribution in [2.45, 2.75) is 24.2 Å². The van der Waals surface area contributed by atoms with Crippen LogP contribution >= 0.6 is 0 Å². The van der Waals surface area contributed by atoms with Gasteiger partial charge in [-0.3, -0.25) is 4.21 Å². The highest BCUT2D eigenvalue weighted by molar-refractivity contribution is 7.85. The third kappa shape index (κ3) is 2.37. The van der Waals surface area contributed by atoms with E-state index >= 15 is 0 Å². The minimum atomic E-state index is -1.15. The zero-order valence-electron chi connectivity index (χ0n) is 8.41. The normalized spacial score (nSPS) is 18.5. The van der Waals surface area contributed by atoms with Gasteiger partial charge in [0.1, 0.15) is 5.82 Å². The van der Waals surface area contributed by atoms with E-state index in [4.69, 9.17) is 5.73 Å². The number of hydrogen-bond donors (Lipinski definition) is 1. The van der Waals surface area contributed by atoms with Crippen LogP contribution in [0.4, 0.5) is 10.1 Å². The van der Waals surface area contributed by atoms with Crippen molar-refractivity contribution < 1.29 is 8.60 Å². The molecule has 1 saturated carbocycles. The molecule has 0 heterocycles. The summed E-state index contributed by atoms with van der Waals surface area (Å²) in [6.07, 6.45) is 3.50. The van der Waals surface area contributed by atoms with Crippen LogP contribution in [0.1, 0.15) is 19.3 Å². The van der Waals surface area contributed by atoms with E-state index in [2.05, 4.69) is 0 Å². The van der Waals surface area contributed by atoms with Crippen molar-refractivity contribution in [1.82, 2.24) is 0 Å². The zero-order valence-corrected chi connectivity index (χ0v) is 9.23. The molecule has 15 heavy (non-hydrogen) atoms. The largest absolute Gasteiger partial charge is 0.398 e. The van der Waals surface area contributed by atoms with Gasteiger partial charge >= 0.3 is 0 Å². The fraction of sp³-hybridized carbons (Fsp3) is 0.455. The lowest BCUT2D eigenvalue weighted by Gasteiger charge is -2.24. The fourth-order valence-corrected chi connectivity index (χ4v) is 3.18. The highest BCUT2D eigenvalue weighted by Gasteiger charge is 2.21. The van der Waals surface area contributed by atoms with Gasteiger partial charge in [-0.2, -0.15) is 0 Å². The van der Waals surface area contributed by atoms with Crippen LogP contribution in [0.2, 0.25) is 0 Å². The van der Waals surface area contributed by atoms with Crippen LogP contribution in [0.15, 0.2) is 23.1 Å². The molecule has 0 spiro atoms. The lowest BCUT2D eigenvalue weighted by molar-refractivity contribution is 0.350. The number of nitrogens with two attached hydrogens (primary N) is 1. The standard InChI is InChI=1S/C11H14FNOS/c12-9-4-5-10(13)11(6-9)15(14)7-8-2-1-3-8/h4-6,8H,1-3,7,13H2. The molecule has 1 fully saturated rings. The van der Waals surface area contributed by atoms with Gasteiger partial charge in [0.25, 0.3) is 0 Å². The minimum Gasteiger partial charge on any atom is -0.398 e. The highest BCUT2D eigenvalue weighted by atomic mass is 32.2. The molecule has 1 unspecified atom stereocenters. The van der Waals surface area contributed by atoms with E-state index < -0.39 is 10.8 Å². The van der Waals surface area contributed by atoms with E-state index in [1.165, 1.54) is 24.6 Å². The van der Waals surface area contributed by atoms with Gasteiger partial charge in [-0.25, -0.2) is 4.39 Å². The van der Waals surface area contributed by atoms with Gasteiger partial charge < -0.3 is 5.73 Å². The maximum atomic E-state index is 13.0. The molecule has 82 valence electrons. The molecular weight excluding hydrogens is 213 g/mol. The molecule has 1 aromatic carbocycles. The third-order valence-electron chi connectivity index (χ3n) is 2.83. The van der Waals surface area contributed by atoms with Gasteiger partial charge in [0.2, 0.25) is 0 Å². The molecule has 1 atom stereocenters. The second-order valence-corrected chi connectivity index (χ2v) is 5.46. The third-order valence-corrected chi connectivity index (χ3v) is 4.45. The Kier molecular flexibility index (Phi) is 3.05. The first-order valence-electron chi connectivity index (χ1n) is 5.10. The fourth-order valence-electron chi connectivity index (χ4n) is 1.67. The van der Waals surface area contributed by atoms with Crippen LogP contribution in [0, 0.1) is 11.7 Å². The summed E-state index contributed by atoms with van der Waals surface area (Å²) in [6, 6.07) is 4.05. The average Bonchev–Trinajstić information content (AvgIpc) is 2.15. The minimum absolute atomic E-state index is 0.374. The van der Waals surface area contributed by atoms with Crippen molar-refractivity contribution in [2.75, 3.05) is 11.5 Å². The van der Waals surface area contributed by atoms with Crippen LogP contribution in [-0.2, 0) is 10.8 Å². The Morgan fingerprint density at radius 1 is 1.47 bits per heavy atom. The first-order valence-corrected chi connectivity index (χ1v) is 6.42. The molecule has 4 heteroatoms. The molecule has 2 nitrogen and oxygen atoms in total. The number of benzene rings is 1. The molecule has 0 amide bonds. The topological polar surface area (TPSA) is 43.1 Å². The first-order chi connectivity index (χ1) is 7.16. The Hall–Kier alpha value is -0.900. The summed E-state index contributed by atoms with van der Waals surface area (Å²) < 4.78 is 24.8. The Morgan fingerprint density at radius 2 is 2.20 bits per heavy atom. The molecule has 1 aliphatic rings. The maximum absolute atomic E-state index is 13.0. The molecule has 0 saturated heterocycles. The number of rotatable bonds is 3. The van der Waals surface area contributed by atoms with E-state index in [0.717, 1.165) is 12.8 Å². The summed E-state index contributed by atoms with van der Waals surface area (Å²) in [6.45, 7) is 0. The van der Waals surface area contributed by atoms with Crippen LogP contribution < -0.4 is 5.73 Å². The van der Waals surface area contributed by atoms with E-state index in [9.17, 15) is 8.60 Å². The Labute approximate surface area is 91.1 Å². The van der Waals surface area contributed by atoms with Crippen LogP contribution in [0.25, 0.3) is 0 Å². The van der Waals surface area contributed by atoms with Gasteiger partial charge in [0.05, 0.1) is 15.7 Å². The number of nitrogen functional groups attached to an aromatic ring is 1. The van der Waals surface area contributed by atoms with Gasteiger partial charge in [-0.15, -0.1) is 0 Å². The number of hydrogen-bond acceptors (Lipinski definition) is 2. The lowest BCUT2D eigenvalue weighted by Crippen LogP contribution is -2.19. The van der Waals surface area contributed by atoms with Crippen LogP contribution in [-0.4, -0.2) is 9.96 Å². The van der Waals surface area contributed by atoms with E-state index in [1.54, 1.807) is 0 Å². The molecule has 1 aliphatic carbocycles. The lowest BCUT2D eigenvalue weighted by atomic mass is 9.87. The van der Waals surface area contributed by atoms with Crippen molar-refractivity contribution >= 4 is 16.5 Å². The second-order valence-electron chi connectivity index (χ2n) is 3.99. The summed E-state index contributed by atoms with van der Waals surface area (Å²) in [5, 5.41) is 0. The Bertz CT molecular complexity index is 390. The van der Waals surface area contributed by atoms with Crippen molar-refractivity contribution in [2.24, 2.45) is 5.92 Å². The molecule has 0 radical (unpaired) electrons. The monoisotopic (exact) mass is 227 g/mol. The highest BCUT2D eigenvalue weighted by Crippen LogP contribution is 2.29. The van der Waals surface area contributed by atoms with Crippen molar-refractivity contribution in [3.8, 4) is 0 Å². The van der Waals surface area contributed by atoms with E-state index in [0.29, 0.717) is 22.3 Å². The molecule has 0 aromatic heterocycles. The van der Waals surface area contributed by atoms with Gasteiger partial charge in [-0.1, -0.05) is 6.42 Å². The Balaban J connectivity index is 2.12. The summed E-state index contributed by atoms with van der Waals surface area (Å²) in [5.74, 6) is 0.780.